The van der Waals surface area contributed by atoms with E-state index in [4.69, 9.17) is 0 Å². The van der Waals surface area contributed by atoms with Gasteiger partial charge in [0.15, 0.2) is 0 Å². The zero-order valence-corrected chi connectivity index (χ0v) is 22.9. The van der Waals surface area contributed by atoms with Gasteiger partial charge in [0.25, 0.3) is 0 Å². The first-order valence-electron chi connectivity index (χ1n) is 12.9. The quantitative estimate of drug-likeness (QED) is 0.269. The molecule has 0 aliphatic carbocycles. The minimum absolute atomic E-state index is 0.974. The van der Waals surface area contributed by atoms with Crippen LogP contribution in [0.15, 0.2) is 60.7 Å². The van der Waals surface area contributed by atoms with Crippen molar-refractivity contribution in [2.24, 2.45) is 0 Å². The van der Waals surface area contributed by atoms with E-state index in [2.05, 4.69) is 116 Å². The van der Waals surface area contributed by atoms with Crippen molar-refractivity contribution in [3.63, 3.8) is 0 Å². The number of hydrogen-bond acceptors (Lipinski definition) is 0. The van der Waals surface area contributed by atoms with Crippen LogP contribution < -0.4 is 0 Å². The Morgan fingerprint density at radius 3 is 1.17 bits per heavy atom. The van der Waals surface area contributed by atoms with Crippen LogP contribution in [-0.4, -0.2) is 0 Å². The molecule has 0 heterocycles. The molecule has 0 radical (unpaired) electrons. The molecule has 0 saturated heterocycles. The first kappa shape index (κ1) is 25.0. The van der Waals surface area contributed by atoms with Crippen molar-refractivity contribution >= 4 is 0 Å². The Morgan fingerprint density at radius 1 is 0.371 bits per heavy atom. The molecule has 0 heteroatoms. The van der Waals surface area contributed by atoms with Crippen LogP contribution in [0.25, 0.3) is 0 Å². The van der Waals surface area contributed by atoms with Crippen LogP contribution in [0.4, 0.5) is 0 Å². The zero-order chi connectivity index (χ0) is 25.3. The van der Waals surface area contributed by atoms with E-state index < -0.39 is 0 Å². The lowest BCUT2D eigenvalue weighted by Crippen LogP contribution is -2.02. The summed E-state index contributed by atoms with van der Waals surface area (Å²) < 4.78 is 0. The standard InChI is InChI=1S/C35H40/c1-22-9-11-24(3)32(13-22)20-34-18-30(15-26(5)28(34)7)17-31-16-27(6)29(8)35(19-31)21-33-14-23(2)10-12-25(33)4/h9-16,18-19H,17,20-21H2,1-8H3. The number of aryl methyl sites for hydroxylation is 6. The molecule has 0 aliphatic rings. The maximum absolute atomic E-state index is 2.45. The summed E-state index contributed by atoms with van der Waals surface area (Å²) in [5.74, 6) is 0. The minimum atomic E-state index is 0.974. The Bertz CT molecular complexity index is 1280. The van der Waals surface area contributed by atoms with Crippen molar-refractivity contribution in [1.29, 1.82) is 0 Å². The third-order valence-corrected chi connectivity index (χ3v) is 7.85. The van der Waals surface area contributed by atoms with Crippen LogP contribution in [0.3, 0.4) is 0 Å². The van der Waals surface area contributed by atoms with Gasteiger partial charge in [0.05, 0.1) is 0 Å². The molecule has 0 N–H and O–H groups in total. The lowest BCUT2D eigenvalue weighted by atomic mass is 9.88. The molecule has 0 amide bonds. The normalized spacial score (nSPS) is 11.2. The Hall–Kier alpha value is -3.12. The summed E-state index contributed by atoms with van der Waals surface area (Å²) >= 11 is 0. The Morgan fingerprint density at radius 2 is 0.771 bits per heavy atom. The molecule has 0 fully saturated rings. The molecular weight excluding hydrogens is 420 g/mol. The predicted molar refractivity (Wildman–Crippen MR) is 152 cm³/mol. The van der Waals surface area contributed by atoms with E-state index in [0.29, 0.717) is 0 Å². The fourth-order valence-corrected chi connectivity index (χ4v) is 5.23. The largest absolute Gasteiger partial charge is 0.0590 e. The van der Waals surface area contributed by atoms with Gasteiger partial charge in [0.1, 0.15) is 0 Å². The molecule has 4 aromatic carbocycles. The Kier molecular flexibility index (Phi) is 7.31. The summed E-state index contributed by atoms with van der Waals surface area (Å²) in [5.41, 5.74) is 19.7. The average molecular weight is 461 g/mol. The highest BCUT2D eigenvalue weighted by Crippen LogP contribution is 2.26. The molecule has 0 atom stereocenters. The maximum Gasteiger partial charge on any atom is -0.00202 e. The van der Waals surface area contributed by atoms with E-state index >= 15 is 0 Å². The Labute approximate surface area is 213 Å². The summed E-state index contributed by atoms with van der Waals surface area (Å²) in [6.45, 7) is 17.9. The van der Waals surface area contributed by atoms with Crippen LogP contribution in [0.2, 0.25) is 0 Å². The van der Waals surface area contributed by atoms with Crippen LogP contribution >= 0.6 is 0 Å². The molecule has 0 nitrogen and oxygen atoms in total. The van der Waals surface area contributed by atoms with Crippen molar-refractivity contribution in [2.45, 2.75) is 74.7 Å². The highest BCUT2D eigenvalue weighted by atomic mass is 14.2. The monoisotopic (exact) mass is 460 g/mol. The van der Waals surface area contributed by atoms with Gasteiger partial charge in [-0.3, -0.25) is 0 Å². The maximum atomic E-state index is 2.45. The molecule has 0 aliphatic heterocycles. The predicted octanol–water partition coefficient (Wildman–Crippen LogP) is 8.93. The highest BCUT2D eigenvalue weighted by Gasteiger charge is 2.11. The van der Waals surface area contributed by atoms with E-state index in [1.807, 2.05) is 0 Å². The van der Waals surface area contributed by atoms with Crippen LogP contribution in [0, 0.1) is 55.4 Å². The van der Waals surface area contributed by atoms with Crippen molar-refractivity contribution in [3.05, 3.63) is 139 Å². The molecule has 0 spiro atoms. The lowest BCUT2D eigenvalue weighted by Gasteiger charge is -2.17. The van der Waals surface area contributed by atoms with Gasteiger partial charge in [-0.25, -0.2) is 0 Å². The van der Waals surface area contributed by atoms with Crippen molar-refractivity contribution < 1.29 is 0 Å². The number of hydrogen-bond donors (Lipinski definition) is 0. The van der Waals surface area contributed by atoms with Crippen molar-refractivity contribution in [3.8, 4) is 0 Å². The third-order valence-electron chi connectivity index (χ3n) is 7.85. The minimum Gasteiger partial charge on any atom is -0.0590 e. The van der Waals surface area contributed by atoms with Gasteiger partial charge >= 0.3 is 0 Å². The third kappa shape index (κ3) is 5.76. The summed E-state index contributed by atoms with van der Waals surface area (Å²) in [7, 11) is 0. The van der Waals surface area contributed by atoms with Gasteiger partial charge in [0, 0.05) is 0 Å². The average Bonchev–Trinajstić information content (AvgIpc) is 2.80. The second kappa shape index (κ2) is 10.2. The van der Waals surface area contributed by atoms with Gasteiger partial charge in [-0.15, -0.1) is 0 Å². The summed E-state index contributed by atoms with van der Waals surface area (Å²) in [4.78, 5) is 0. The van der Waals surface area contributed by atoms with Crippen molar-refractivity contribution in [1.82, 2.24) is 0 Å². The molecule has 0 aromatic heterocycles. The van der Waals surface area contributed by atoms with E-state index in [9.17, 15) is 0 Å². The van der Waals surface area contributed by atoms with Gasteiger partial charge in [-0.1, -0.05) is 71.8 Å². The number of rotatable bonds is 6. The first-order chi connectivity index (χ1) is 16.6. The van der Waals surface area contributed by atoms with Gasteiger partial charge < -0.3 is 0 Å². The molecule has 0 bridgehead atoms. The molecule has 4 rings (SSSR count). The van der Waals surface area contributed by atoms with E-state index in [1.165, 1.54) is 77.9 Å². The van der Waals surface area contributed by atoms with Crippen LogP contribution in [-0.2, 0) is 19.3 Å². The van der Waals surface area contributed by atoms with Gasteiger partial charge in [-0.05, 0) is 141 Å². The highest BCUT2D eigenvalue weighted by molar-refractivity contribution is 5.47. The van der Waals surface area contributed by atoms with Crippen LogP contribution in [0.5, 0.6) is 0 Å². The molecular formula is C35H40. The first-order valence-corrected chi connectivity index (χ1v) is 12.9. The van der Waals surface area contributed by atoms with E-state index in [1.54, 1.807) is 0 Å². The van der Waals surface area contributed by atoms with E-state index in [0.717, 1.165) is 19.3 Å². The second-order valence-electron chi connectivity index (χ2n) is 10.8. The zero-order valence-electron chi connectivity index (χ0n) is 22.9. The fourth-order valence-electron chi connectivity index (χ4n) is 5.23. The van der Waals surface area contributed by atoms with Crippen LogP contribution in [0.1, 0.15) is 77.9 Å². The fraction of sp³-hybridized carbons (Fsp3) is 0.314. The molecule has 35 heavy (non-hydrogen) atoms. The van der Waals surface area contributed by atoms with Gasteiger partial charge in [0.2, 0.25) is 0 Å². The molecule has 0 unspecified atom stereocenters. The SMILES string of the molecule is Cc1ccc(C)c(Cc2cc(Cc3cc(C)c(C)c(Cc4cc(C)ccc4C)c3)cc(C)c2C)c1. The molecule has 0 saturated carbocycles. The number of benzene rings is 4. The summed E-state index contributed by atoms with van der Waals surface area (Å²) in [6, 6.07) is 23.3. The summed E-state index contributed by atoms with van der Waals surface area (Å²) in [6.07, 6.45) is 2.97. The van der Waals surface area contributed by atoms with Crippen molar-refractivity contribution in [2.75, 3.05) is 0 Å². The molecule has 180 valence electrons. The Balaban J connectivity index is 1.66. The van der Waals surface area contributed by atoms with E-state index in [-0.39, 0.29) is 0 Å². The summed E-state index contributed by atoms with van der Waals surface area (Å²) in [5, 5.41) is 0. The van der Waals surface area contributed by atoms with Gasteiger partial charge in [-0.2, -0.15) is 0 Å². The lowest BCUT2D eigenvalue weighted by molar-refractivity contribution is 1.06. The second-order valence-corrected chi connectivity index (χ2v) is 10.8. The molecule has 4 aromatic rings. The smallest absolute Gasteiger partial charge is 0.00202 e. The topological polar surface area (TPSA) is 0 Å².